The van der Waals surface area contributed by atoms with E-state index in [4.69, 9.17) is 9.47 Å². The Kier molecular flexibility index (Phi) is 6.16. The summed E-state index contributed by atoms with van der Waals surface area (Å²) in [7, 11) is -3.77. The Bertz CT molecular complexity index is 708. The van der Waals surface area contributed by atoms with Gasteiger partial charge >= 0.3 is 0 Å². The maximum Gasteiger partial charge on any atom is 0.241 e. The van der Waals surface area contributed by atoms with Crippen LogP contribution in [0.15, 0.2) is 29.2 Å². The first-order chi connectivity index (χ1) is 12.5. The standard InChI is InChI=1S/C18H26N2O5S/c1-14(18(21)20-10-12-24-13-11-20)19-26(22,23)17-8-6-16(7-9-17)25-15-4-2-3-5-15/h6-9,14-15,19H,2-5,10-13H2,1H3/t14-/m1/s1. The fraction of sp³-hybridized carbons (Fsp3) is 0.611. The van der Waals surface area contributed by atoms with Gasteiger partial charge in [0.05, 0.1) is 30.3 Å². The van der Waals surface area contributed by atoms with Gasteiger partial charge in [-0.15, -0.1) is 0 Å². The highest BCUT2D eigenvalue weighted by molar-refractivity contribution is 7.89. The first kappa shape index (κ1) is 19.1. The summed E-state index contributed by atoms with van der Waals surface area (Å²) < 4.78 is 38.6. The van der Waals surface area contributed by atoms with Gasteiger partial charge in [0.1, 0.15) is 5.75 Å². The number of morpholine rings is 1. The molecule has 1 amide bonds. The van der Waals surface area contributed by atoms with Crippen LogP contribution in [0.4, 0.5) is 0 Å². The lowest BCUT2D eigenvalue weighted by Gasteiger charge is -2.29. The van der Waals surface area contributed by atoms with Crippen LogP contribution in [0.5, 0.6) is 5.75 Å². The lowest BCUT2D eigenvalue weighted by molar-refractivity contribution is -0.136. The zero-order valence-corrected chi connectivity index (χ0v) is 15.8. The highest BCUT2D eigenvalue weighted by Crippen LogP contribution is 2.25. The molecule has 1 heterocycles. The minimum Gasteiger partial charge on any atom is -0.490 e. The second kappa shape index (κ2) is 8.37. The number of carbonyl (C=O) groups is 1. The highest BCUT2D eigenvalue weighted by atomic mass is 32.2. The number of hydrogen-bond donors (Lipinski definition) is 1. The molecule has 1 saturated carbocycles. The quantitative estimate of drug-likeness (QED) is 0.807. The van der Waals surface area contributed by atoms with Gasteiger partial charge in [-0.2, -0.15) is 4.72 Å². The summed E-state index contributed by atoms with van der Waals surface area (Å²) in [5, 5.41) is 0. The van der Waals surface area contributed by atoms with Crippen LogP contribution in [0.2, 0.25) is 0 Å². The van der Waals surface area contributed by atoms with Crippen molar-refractivity contribution in [2.75, 3.05) is 26.3 Å². The Morgan fingerprint density at radius 3 is 2.42 bits per heavy atom. The molecule has 1 aromatic carbocycles. The summed E-state index contributed by atoms with van der Waals surface area (Å²) in [6.45, 7) is 3.49. The zero-order valence-electron chi connectivity index (χ0n) is 15.0. The van der Waals surface area contributed by atoms with E-state index in [1.807, 2.05) is 0 Å². The van der Waals surface area contributed by atoms with Crippen LogP contribution in [0, 0.1) is 0 Å². The van der Waals surface area contributed by atoms with Crippen LogP contribution in [0.3, 0.4) is 0 Å². The van der Waals surface area contributed by atoms with Gasteiger partial charge in [-0.1, -0.05) is 0 Å². The molecule has 3 rings (SSSR count). The fourth-order valence-corrected chi connectivity index (χ4v) is 4.50. The van der Waals surface area contributed by atoms with E-state index in [0.717, 1.165) is 12.8 Å². The Hall–Kier alpha value is -1.64. The molecule has 7 nitrogen and oxygen atoms in total. The lowest BCUT2D eigenvalue weighted by Crippen LogP contribution is -2.50. The molecular formula is C18H26N2O5S. The largest absolute Gasteiger partial charge is 0.490 e. The van der Waals surface area contributed by atoms with Gasteiger partial charge in [0, 0.05) is 13.1 Å². The van der Waals surface area contributed by atoms with Crippen LogP contribution in [0.1, 0.15) is 32.6 Å². The molecule has 1 N–H and O–H groups in total. The maximum absolute atomic E-state index is 12.5. The van der Waals surface area contributed by atoms with Gasteiger partial charge in [-0.3, -0.25) is 4.79 Å². The molecular weight excluding hydrogens is 356 g/mol. The predicted molar refractivity (Wildman–Crippen MR) is 96.5 cm³/mol. The minimum atomic E-state index is -3.77. The molecule has 2 fully saturated rings. The van der Waals surface area contributed by atoms with Crippen molar-refractivity contribution in [3.63, 3.8) is 0 Å². The number of nitrogens with one attached hydrogen (secondary N) is 1. The molecule has 1 aromatic rings. The average Bonchev–Trinajstić information content (AvgIpc) is 3.15. The lowest BCUT2D eigenvalue weighted by atomic mass is 10.3. The first-order valence-electron chi connectivity index (χ1n) is 9.11. The van der Waals surface area contributed by atoms with E-state index in [-0.39, 0.29) is 16.9 Å². The molecule has 1 atom stereocenters. The summed E-state index contributed by atoms with van der Waals surface area (Å²) >= 11 is 0. The highest BCUT2D eigenvalue weighted by Gasteiger charge is 2.27. The molecule has 0 aromatic heterocycles. The minimum absolute atomic E-state index is 0.123. The number of benzene rings is 1. The summed E-state index contributed by atoms with van der Waals surface area (Å²) in [5.74, 6) is 0.436. The molecule has 1 aliphatic carbocycles. The molecule has 1 saturated heterocycles. The Balaban J connectivity index is 1.60. The third-order valence-corrected chi connectivity index (χ3v) is 6.32. The van der Waals surface area contributed by atoms with Crippen molar-refractivity contribution < 1.29 is 22.7 Å². The van der Waals surface area contributed by atoms with Gasteiger partial charge in [0.2, 0.25) is 15.9 Å². The van der Waals surface area contributed by atoms with Crippen LogP contribution in [-0.2, 0) is 19.6 Å². The normalized spacial score (nSPS) is 20.1. The molecule has 0 radical (unpaired) electrons. The number of hydrogen-bond acceptors (Lipinski definition) is 5. The first-order valence-corrected chi connectivity index (χ1v) is 10.6. The van der Waals surface area contributed by atoms with Crippen molar-refractivity contribution in [2.24, 2.45) is 0 Å². The van der Waals surface area contributed by atoms with E-state index in [2.05, 4.69) is 4.72 Å². The van der Waals surface area contributed by atoms with Gasteiger partial charge in [0.25, 0.3) is 0 Å². The third-order valence-electron chi connectivity index (χ3n) is 4.76. The number of sulfonamides is 1. The monoisotopic (exact) mass is 382 g/mol. The van der Waals surface area contributed by atoms with Crippen molar-refractivity contribution in [1.29, 1.82) is 0 Å². The number of nitrogens with zero attached hydrogens (tertiary/aromatic N) is 1. The van der Waals surface area contributed by atoms with Crippen molar-refractivity contribution in [3.8, 4) is 5.75 Å². The Labute approximate surface area is 154 Å². The zero-order chi connectivity index (χ0) is 18.6. The van der Waals surface area contributed by atoms with E-state index in [1.165, 1.54) is 25.0 Å². The van der Waals surface area contributed by atoms with Crippen molar-refractivity contribution in [3.05, 3.63) is 24.3 Å². The second-order valence-corrected chi connectivity index (χ2v) is 8.49. The summed E-state index contributed by atoms with van der Waals surface area (Å²) in [5.41, 5.74) is 0. The van der Waals surface area contributed by atoms with Gasteiger partial charge in [-0.05, 0) is 56.9 Å². The molecule has 144 valence electrons. The van der Waals surface area contributed by atoms with Crippen LogP contribution >= 0.6 is 0 Å². The predicted octanol–water partition coefficient (Wildman–Crippen LogP) is 1.53. The number of ether oxygens (including phenoxy) is 2. The molecule has 1 aliphatic heterocycles. The van der Waals surface area contributed by atoms with Gasteiger partial charge in [-0.25, -0.2) is 8.42 Å². The van der Waals surface area contributed by atoms with Crippen molar-refractivity contribution >= 4 is 15.9 Å². The topological polar surface area (TPSA) is 84.9 Å². The fourth-order valence-electron chi connectivity index (χ4n) is 3.30. The molecule has 26 heavy (non-hydrogen) atoms. The molecule has 0 spiro atoms. The second-order valence-electron chi connectivity index (χ2n) is 6.78. The van der Waals surface area contributed by atoms with Crippen molar-refractivity contribution in [1.82, 2.24) is 9.62 Å². The van der Waals surface area contributed by atoms with Crippen LogP contribution in [0.25, 0.3) is 0 Å². The van der Waals surface area contributed by atoms with E-state index in [1.54, 1.807) is 24.0 Å². The van der Waals surface area contributed by atoms with Gasteiger partial charge in [0.15, 0.2) is 0 Å². The van der Waals surface area contributed by atoms with E-state index >= 15 is 0 Å². The molecule has 0 bridgehead atoms. The maximum atomic E-state index is 12.5. The molecule has 8 heteroatoms. The number of rotatable bonds is 6. The summed E-state index contributed by atoms with van der Waals surface area (Å²) in [6, 6.07) is 5.53. The number of carbonyl (C=O) groups excluding carboxylic acids is 1. The van der Waals surface area contributed by atoms with Crippen molar-refractivity contribution in [2.45, 2.75) is 49.6 Å². The smallest absolute Gasteiger partial charge is 0.241 e. The molecule has 2 aliphatic rings. The summed E-state index contributed by atoms with van der Waals surface area (Å²) in [6.07, 6.45) is 4.67. The van der Waals surface area contributed by atoms with E-state index in [0.29, 0.717) is 32.1 Å². The van der Waals surface area contributed by atoms with Crippen LogP contribution < -0.4 is 9.46 Å². The van der Waals surface area contributed by atoms with Gasteiger partial charge < -0.3 is 14.4 Å². The van der Waals surface area contributed by atoms with Crippen LogP contribution in [-0.4, -0.2) is 57.7 Å². The van der Waals surface area contributed by atoms with E-state index in [9.17, 15) is 13.2 Å². The Morgan fingerprint density at radius 2 is 1.81 bits per heavy atom. The summed E-state index contributed by atoms with van der Waals surface area (Å²) in [4.78, 5) is 14.1. The Morgan fingerprint density at radius 1 is 1.19 bits per heavy atom. The SMILES string of the molecule is C[C@@H](NS(=O)(=O)c1ccc(OC2CCCC2)cc1)C(=O)N1CCOCC1. The number of amides is 1. The molecule has 0 unspecified atom stereocenters. The van der Waals surface area contributed by atoms with E-state index < -0.39 is 16.1 Å². The average molecular weight is 382 g/mol. The third kappa shape index (κ3) is 4.75.